The third-order valence-corrected chi connectivity index (χ3v) is 28.5. The van der Waals surface area contributed by atoms with Gasteiger partial charge in [-0.2, -0.15) is 0 Å². The van der Waals surface area contributed by atoms with Crippen LogP contribution in [0.1, 0.15) is 27.8 Å². The van der Waals surface area contributed by atoms with Crippen LogP contribution in [-0.2, 0) is 6.42 Å². The Kier molecular flexibility index (Phi) is 17.6. The van der Waals surface area contributed by atoms with Crippen LogP contribution in [0.4, 0.5) is 68.2 Å². The van der Waals surface area contributed by atoms with Crippen molar-refractivity contribution in [1.29, 1.82) is 0 Å². The van der Waals surface area contributed by atoms with E-state index in [2.05, 4.69) is 459 Å². The summed E-state index contributed by atoms with van der Waals surface area (Å²) in [5, 5.41) is 20.1. The van der Waals surface area contributed by atoms with Crippen molar-refractivity contribution in [3.63, 3.8) is 0 Å². The maximum atomic E-state index is 7.59. The van der Waals surface area contributed by atoms with Gasteiger partial charge >= 0.3 is 0 Å². The largest absolute Gasteiger partial charge is 0.455 e. The molecule has 0 N–H and O–H groups in total. The topological polar surface area (TPSA) is 91.8 Å². The summed E-state index contributed by atoms with van der Waals surface area (Å²) in [6.07, 6.45) is 0.569. The summed E-state index contributed by atoms with van der Waals surface area (Å²) < 4.78 is 43.7. The predicted molar refractivity (Wildman–Crippen MR) is 573 cm³/mol. The molecule has 0 radical (unpaired) electrons. The molecule has 138 heavy (non-hydrogen) atoms. The molecular weight excluding hydrogens is 1690 g/mol. The molecular formula is C128H82N4O6. The number of fused-ring (bicyclic) bond motifs is 26. The molecule has 0 aliphatic heterocycles. The van der Waals surface area contributed by atoms with E-state index in [1.54, 1.807) is 0 Å². The van der Waals surface area contributed by atoms with Crippen LogP contribution >= 0.6 is 0 Å². The standard InChI is InChI=1S/C128H82N4O6/c1-76-62-63-77(2)111(68-76)131(109-56-30-51-98-90-43-21-26-60-119(90)135-127(98)109)115-74-103-104-75-116(87-40-13-17-48-95(87)124(104)138-123(103)94-47-16-12-39-86(94)115)132(110-57-31-52-99-91-44-22-27-61-120(91)136-128(99)110)112-71-80(65-64-78(112)3)69-79-66-67-106(100(70-79)82-34-8-5-9-35-82)130(108-55-29-50-97-89-42-20-25-59-118(89)134-126(97)108)114-73-102-101-72-113(84-37-10-14-45-92(84)121(101)137-122(102)93-46-15-11-38-85(93)114)129(105-53-23-18-36-83(105)81-32-6-4-7-33-81)107-54-28-49-96-88-41-19-24-58-117(88)133-125(96)107/h4-68,70-75H,69H2,1-3H3. The lowest BCUT2D eigenvalue weighted by Crippen LogP contribution is -2.13. The molecule has 0 saturated heterocycles. The van der Waals surface area contributed by atoms with E-state index >= 15 is 0 Å². The molecule has 10 nitrogen and oxygen atoms in total. The van der Waals surface area contributed by atoms with Crippen LogP contribution in [0.3, 0.4) is 0 Å². The summed E-state index contributed by atoms with van der Waals surface area (Å²) in [5.74, 6) is 0. The van der Waals surface area contributed by atoms with E-state index < -0.39 is 0 Å². The van der Waals surface area contributed by atoms with Crippen molar-refractivity contribution in [2.75, 3.05) is 19.6 Å². The first kappa shape index (κ1) is 78.5. The Morgan fingerprint density at radius 2 is 0.428 bits per heavy atom. The minimum Gasteiger partial charge on any atom is -0.455 e. The minimum atomic E-state index is 0.569. The average Bonchev–Trinajstić information content (AvgIpc) is 1.54. The predicted octanol–water partition coefficient (Wildman–Crippen LogP) is 37.4. The molecule has 10 heteroatoms. The summed E-state index contributed by atoms with van der Waals surface area (Å²) >= 11 is 0. The smallest absolute Gasteiger partial charge is 0.159 e. The lowest BCUT2D eigenvalue weighted by Gasteiger charge is -2.30. The maximum absolute atomic E-state index is 7.59. The van der Waals surface area contributed by atoms with E-state index in [1.807, 2.05) is 12.1 Å². The van der Waals surface area contributed by atoms with Gasteiger partial charge in [-0.05, 0) is 169 Å². The molecule has 0 fully saturated rings. The zero-order valence-corrected chi connectivity index (χ0v) is 75.4. The first-order valence-electron chi connectivity index (χ1n) is 47.1. The van der Waals surface area contributed by atoms with Crippen LogP contribution in [0.5, 0.6) is 0 Å². The normalized spacial score (nSPS) is 12.1. The maximum Gasteiger partial charge on any atom is 0.159 e. The van der Waals surface area contributed by atoms with Crippen molar-refractivity contribution in [3.8, 4) is 22.3 Å². The van der Waals surface area contributed by atoms with E-state index in [0.717, 1.165) is 293 Å². The molecule has 0 bridgehead atoms. The molecule has 0 atom stereocenters. The number of para-hydroxylation sites is 9. The molecule has 0 aliphatic rings. The van der Waals surface area contributed by atoms with Crippen molar-refractivity contribution in [2.45, 2.75) is 27.2 Å². The third-order valence-electron chi connectivity index (χ3n) is 28.5. The third kappa shape index (κ3) is 12.2. The second-order valence-corrected chi connectivity index (χ2v) is 36.5. The van der Waals surface area contributed by atoms with Gasteiger partial charge < -0.3 is 46.1 Å². The van der Waals surface area contributed by atoms with E-state index in [4.69, 9.17) is 26.5 Å². The molecule has 28 aromatic rings. The number of furan rings is 6. The first-order chi connectivity index (χ1) is 68.2. The van der Waals surface area contributed by atoms with E-state index in [0.29, 0.717) is 6.42 Å². The Balaban J connectivity index is 0.646. The molecule has 0 aliphatic carbocycles. The van der Waals surface area contributed by atoms with Gasteiger partial charge in [0.2, 0.25) is 0 Å². The fraction of sp³-hybridized carbons (Fsp3) is 0.0312. The average molecular weight is 1770 g/mol. The number of rotatable bonds is 16. The number of nitrogens with zero attached hydrogens (tertiary/aromatic N) is 4. The zero-order valence-electron chi connectivity index (χ0n) is 75.4. The Bertz CT molecular complexity index is 9940. The van der Waals surface area contributed by atoms with Crippen LogP contribution < -0.4 is 19.6 Å². The van der Waals surface area contributed by atoms with E-state index in [1.165, 1.54) is 0 Å². The van der Waals surface area contributed by atoms with Gasteiger partial charge in [0.15, 0.2) is 22.3 Å². The molecule has 0 unspecified atom stereocenters. The van der Waals surface area contributed by atoms with Gasteiger partial charge in [-0.15, -0.1) is 0 Å². The van der Waals surface area contributed by atoms with Crippen LogP contribution in [0.25, 0.3) is 197 Å². The van der Waals surface area contributed by atoms with Crippen LogP contribution in [0.15, 0.2) is 457 Å². The highest BCUT2D eigenvalue weighted by Gasteiger charge is 2.34. The fourth-order valence-corrected chi connectivity index (χ4v) is 22.2. The number of hydrogen-bond acceptors (Lipinski definition) is 10. The summed E-state index contributed by atoms with van der Waals surface area (Å²) in [5.41, 5.74) is 30.8. The number of benzene rings is 22. The molecule has 0 amide bonds. The van der Waals surface area contributed by atoms with Crippen molar-refractivity contribution < 1.29 is 26.5 Å². The van der Waals surface area contributed by atoms with Gasteiger partial charge in [0, 0.05) is 130 Å². The van der Waals surface area contributed by atoms with Crippen molar-refractivity contribution in [2.24, 2.45) is 0 Å². The highest BCUT2D eigenvalue weighted by molar-refractivity contribution is 6.30. The summed E-state index contributed by atoms with van der Waals surface area (Å²) in [6.45, 7) is 6.61. The number of hydrogen-bond donors (Lipinski definition) is 0. The van der Waals surface area contributed by atoms with E-state index in [9.17, 15) is 0 Å². The first-order valence-corrected chi connectivity index (χ1v) is 47.1. The second-order valence-electron chi connectivity index (χ2n) is 36.5. The van der Waals surface area contributed by atoms with Crippen molar-refractivity contribution >= 4 is 243 Å². The fourth-order valence-electron chi connectivity index (χ4n) is 22.2. The molecule has 0 spiro atoms. The van der Waals surface area contributed by atoms with Gasteiger partial charge in [0.1, 0.15) is 44.7 Å². The number of anilines is 12. The number of aryl methyl sites for hydroxylation is 3. The molecule has 6 heterocycles. The highest BCUT2D eigenvalue weighted by Crippen LogP contribution is 2.58. The van der Waals surface area contributed by atoms with Crippen LogP contribution in [0.2, 0.25) is 0 Å². The Hall–Kier alpha value is -18.1. The molecule has 650 valence electrons. The van der Waals surface area contributed by atoms with Gasteiger partial charge in [0.05, 0.1) is 56.9 Å². The summed E-state index contributed by atoms with van der Waals surface area (Å²) in [6, 6.07) is 155. The quantitative estimate of drug-likeness (QED) is 0.0931. The van der Waals surface area contributed by atoms with Crippen molar-refractivity contribution in [1.82, 2.24) is 0 Å². The second kappa shape index (κ2) is 31.0. The van der Waals surface area contributed by atoms with Crippen LogP contribution in [0, 0.1) is 20.8 Å². The van der Waals surface area contributed by atoms with Crippen LogP contribution in [-0.4, -0.2) is 0 Å². The molecule has 6 aromatic heterocycles. The minimum absolute atomic E-state index is 0.569. The SMILES string of the molecule is Cc1ccc(C)c(N(c2cc3c4cc(N(c5cc(Cc6ccc(N(c7cc8c9cc(N(c%10ccccc%10-c%10ccccc%10)c%10cccc%11c%10oc%10ccccc%10%11)c%10ccccc%10c9oc8c8ccccc78)c7cccc8c7oc7ccccc78)c(-c7ccccc7)c6)ccc5C)c5cccc6c5oc5ccccc56)c5ccccc5c4oc3c3ccccc23)c2cccc3c2oc2ccccc23)c1. The van der Waals surface area contributed by atoms with Gasteiger partial charge in [-0.1, -0.05) is 328 Å². The molecule has 22 aromatic carbocycles. The zero-order chi connectivity index (χ0) is 91.1. The van der Waals surface area contributed by atoms with Gasteiger partial charge in [-0.25, -0.2) is 0 Å². The molecule has 28 rings (SSSR count). The monoisotopic (exact) mass is 1770 g/mol. The highest BCUT2D eigenvalue weighted by atomic mass is 16.4. The lowest BCUT2D eigenvalue weighted by molar-refractivity contribution is 0.668. The molecule has 0 saturated carbocycles. The van der Waals surface area contributed by atoms with Gasteiger partial charge in [0.25, 0.3) is 0 Å². The van der Waals surface area contributed by atoms with E-state index in [-0.39, 0.29) is 0 Å². The lowest BCUT2D eigenvalue weighted by atomic mass is 9.94. The van der Waals surface area contributed by atoms with Gasteiger partial charge in [-0.3, -0.25) is 0 Å². The summed E-state index contributed by atoms with van der Waals surface area (Å²) in [7, 11) is 0. The summed E-state index contributed by atoms with van der Waals surface area (Å²) in [4.78, 5) is 9.76. The van der Waals surface area contributed by atoms with Crippen molar-refractivity contribution in [3.05, 3.63) is 459 Å². The Morgan fingerprint density at radius 1 is 0.159 bits per heavy atom. The Labute approximate surface area is 791 Å². The Morgan fingerprint density at radius 3 is 0.812 bits per heavy atom.